The molecule has 0 spiro atoms. The molecule has 0 radical (unpaired) electrons. The third-order valence-corrected chi connectivity index (χ3v) is 2.91. The molecule has 0 amide bonds. The first kappa shape index (κ1) is 11.2. The van der Waals surface area contributed by atoms with Gasteiger partial charge < -0.3 is 14.6 Å². The van der Waals surface area contributed by atoms with Gasteiger partial charge in [0, 0.05) is 12.0 Å². The second-order valence-electron chi connectivity index (χ2n) is 4.18. The highest BCUT2D eigenvalue weighted by molar-refractivity contribution is 5.43. The Morgan fingerprint density at radius 1 is 1.31 bits per heavy atom. The molecular formula is C12H15FO3. The summed E-state index contributed by atoms with van der Waals surface area (Å²) in [6.45, 7) is 0. The molecule has 1 fully saturated rings. The third kappa shape index (κ3) is 1.97. The van der Waals surface area contributed by atoms with Crippen molar-refractivity contribution in [1.82, 2.24) is 0 Å². The van der Waals surface area contributed by atoms with E-state index in [1.54, 1.807) is 12.1 Å². The van der Waals surface area contributed by atoms with Crippen molar-refractivity contribution in [3.63, 3.8) is 0 Å². The van der Waals surface area contributed by atoms with Gasteiger partial charge >= 0.3 is 0 Å². The van der Waals surface area contributed by atoms with Gasteiger partial charge in [0.05, 0.1) is 19.8 Å². The molecular weight excluding hydrogens is 211 g/mol. The highest BCUT2D eigenvalue weighted by atomic mass is 19.1. The number of methoxy groups -OCH3 is 2. The zero-order valence-corrected chi connectivity index (χ0v) is 9.42. The van der Waals surface area contributed by atoms with Gasteiger partial charge in [0.25, 0.3) is 0 Å². The molecule has 0 aliphatic heterocycles. The zero-order chi connectivity index (χ0) is 11.8. The van der Waals surface area contributed by atoms with Crippen LogP contribution >= 0.6 is 0 Å². The van der Waals surface area contributed by atoms with Crippen molar-refractivity contribution in [2.24, 2.45) is 0 Å². The van der Waals surface area contributed by atoms with Gasteiger partial charge in [-0.05, 0) is 18.9 Å². The Morgan fingerprint density at radius 2 is 2.00 bits per heavy atom. The van der Waals surface area contributed by atoms with E-state index in [2.05, 4.69) is 0 Å². The van der Waals surface area contributed by atoms with Crippen LogP contribution < -0.4 is 9.47 Å². The summed E-state index contributed by atoms with van der Waals surface area (Å²) in [5.74, 6) is -0.185. The van der Waals surface area contributed by atoms with Crippen LogP contribution in [0.4, 0.5) is 4.39 Å². The summed E-state index contributed by atoms with van der Waals surface area (Å²) >= 11 is 0. The van der Waals surface area contributed by atoms with Crippen LogP contribution in [-0.2, 0) is 6.42 Å². The lowest BCUT2D eigenvalue weighted by atomic mass is 10.0. The lowest BCUT2D eigenvalue weighted by Gasteiger charge is -2.14. The fourth-order valence-electron chi connectivity index (χ4n) is 1.77. The van der Waals surface area contributed by atoms with Crippen molar-refractivity contribution in [1.29, 1.82) is 0 Å². The van der Waals surface area contributed by atoms with Gasteiger partial charge in [0.15, 0.2) is 11.5 Å². The van der Waals surface area contributed by atoms with Gasteiger partial charge in [-0.25, -0.2) is 0 Å². The molecule has 0 unspecified atom stereocenters. The number of halogens is 1. The van der Waals surface area contributed by atoms with Gasteiger partial charge in [-0.1, -0.05) is 6.07 Å². The minimum absolute atomic E-state index is 0.156. The summed E-state index contributed by atoms with van der Waals surface area (Å²) < 4.78 is 23.7. The molecule has 0 atom stereocenters. The summed E-state index contributed by atoms with van der Waals surface area (Å²) in [5.41, 5.74) is 0.0229. The van der Waals surface area contributed by atoms with Crippen LogP contribution in [0.3, 0.4) is 0 Å². The molecule has 2 rings (SSSR count). The first-order chi connectivity index (χ1) is 7.59. The molecule has 1 aliphatic rings. The topological polar surface area (TPSA) is 38.7 Å². The molecule has 1 aromatic carbocycles. The zero-order valence-electron chi connectivity index (χ0n) is 9.42. The van der Waals surface area contributed by atoms with E-state index in [1.165, 1.54) is 14.2 Å². The molecule has 1 N–H and O–H groups in total. The highest BCUT2D eigenvalue weighted by Gasteiger charge is 2.41. The Labute approximate surface area is 93.8 Å². The fraction of sp³-hybridized carbons (Fsp3) is 0.500. The molecule has 0 aromatic heterocycles. The molecule has 3 nitrogen and oxygen atoms in total. The van der Waals surface area contributed by atoms with E-state index < -0.39 is 11.4 Å². The van der Waals surface area contributed by atoms with Crippen molar-refractivity contribution < 1.29 is 19.0 Å². The summed E-state index contributed by atoms with van der Waals surface area (Å²) in [5, 5.41) is 9.81. The normalized spacial score (nSPS) is 17.0. The second kappa shape index (κ2) is 3.94. The van der Waals surface area contributed by atoms with Crippen molar-refractivity contribution in [2.45, 2.75) is 24.9 Å². The van der Waals surface area contributed by atoms with Crippen LogP contribution in [0.15, 0.2) is 12.1 Å². The van der Waals surface area contributed by atoms with E-state index in [4.69, 9.17) is 9.47 Å². The molecule has 4 heteroatoms. The van der Waals surface area contributed by atoms with Crippen LogP contribution in [0.25, 0.3) is 0 Å². The molecule has 1 aromatic rings. The van der Waals surface area contributed by atoms with Crippen molar-refractivity contribution in [3.8, 4) is 11.5 Å². The minimum atomic E-state index is -0.658. The number of aliphatic hydroxyl groups is 1. The van der Waals surface area contributed by atoms with Gasteiger partial charge in [0.2, 0.25) is 5.82 Å². The number of hydrogen-bond donors (Lipinski definition) is 1. The maximum atomic E-state index is 13.8. The third-order valence-electron chi connectivity index (χ3n) is 2.91. The monoisotopic (exact) mass is 226 g/mol. The predicted octanol–water partition coefficient (Wildman–Crippen LogP) is 1.91. The number of rotatable bonds is 4. The average molecular weight is 226 g/mol. The van der Waals surface area contributed by atoms with Gasteiger partial charge in [-0.15, -0.1) is 0 Å². The minimum Gasteiger partial charge on any atom is -0.494 e. The quantitative estimate of drug-likeness (QED) is 0.852. The largest absolute Gasteiger partial charge is 0.494 e. The van der Waals surface area contributed by atoms with E-state index >= 15 is 0 Å². The fourth-order valence-corrected chi connectivity index (χ4v) is 1.77. The molecule has 88 valence electrons. The van der Waals surface area contributed by atoms with Crippen molar-refractivity contribution >= 4 is 0 Å². The van der Waals surface area contributed by atoms with Gasteiger partial charge in [-0.2, -0.15) is 4.39 Å². The molecule has 0 bridgehead atoms. The van der Waals surface area contributed by atoms with Crippen LogP contribution in [0.2, 0.25) is 0 Å². The molecule has 0 saturated heterocycles. The summed E-state index contributed by atoms with van der Waals surface area (Å²) in [6.07, 6.45) is 1.96. The second-order valence-corrected chi connectivity index (χ2v) is 4.18. The average Bonchev–Trinajstić information content (AvgIpc) is 2.97. The van der Waals surface area contributed by atoms with Crippen molar-refractivity contribution in [3.05, 3.63) is 23.5 Å². The van der Waals surface area contributed by atoms with E-state index in [9.17, 15) is 9.50 Å². The summed E-state index contributed by atoms with van der Waals surface area (Å²) in [7, 11) is 2.82. The predicted molar refractivity (Wildman–Crippen MR) is 57.4 cm³/mol. The Hall–Kier alpha value is -1.29. The van der Waals surface area contributed by atoms with Crippen LogP contribution in [0.1, 0.15) is 18.4 Å². The van der Waals surface area contributed by atoms with Crippen molar-refractivity contribution in [2.75, 3.05) is 14.2 Å². The summed E-state index contributed by atoms with van der Waals surface area (Å²) in [4.78, 5) is 0. The number of hydrogen-bond acceptors (Lipinski definition) is 3. The van der Waals surface area contributed by atoms with E-state index in [1.807, 2.05) is 0 Å². The van der Waals surface area contributed by atoms with Crippen LogP contribution in [0, 0.1) is 5.82 Å². The lowest BCUT2D eigenvalue weighted by Crippen LogP contribution is -2.12. The first-order valence-electron chi connectivity index (χ1n) is 5.21. The Morgan fingerprint density at radius 3 is 2.50 bits per heavy atom. The van der Waals surface area contributed by atoms with E-state index in [-0.39, 0.29) is 11.5 Å². The number of ether oxygens (including phenoxy) is 2. The summed E-state index contributed by atoms with van der Waals surface area (Å²) in [6, 6.07) is 3.29. The van der Waals surface area contributed by atoms with E-state index in [0.717, 1.165) is 12.8 Å². The molecule has 16 heavy (non-hydrogen) atoms. The first-order valence-corrected chi connectivity index (χ1v) is 5.21. The smallest absolute Gasteiger partial charge is 0.207 e. The molecule has 0 heterocycles. The Balaban J connectivity index is 2.33. The number of benzene rings is 1. The molecule has 1 saturated carbocycles. The maximum Gasteiger partial charge on any atom is 0.207 e. The Bertz CT molecular complexity index is 399. The standard InChI is InChI=1S/C12H15FO3/c1-15-9-4-3-8(7-12(14)5-6-12)11(16-2)10(9)13/h3-4,14H,5-7H2,1-2H3. The van der Waals surface area contributed by atoms with Crippen LogP contribution in [-0.4, -0.2) is 24.9 Å². The lowest BCUT2D eigenvalue weighted by molar-refractivity contribution is 0.149. The Kier molecular flexibility index (Phi) is 2.76. The van der Waals surface area contributed by atoms with Gasteiger partial charge in [-0.3, -0.25) is 0 Å². The highest BCUT2D eigenvalue weighted by Crippen LogP contribution is 2.41. The van der Waals surface area contributed by atoms with Gasteiger partial charge in [0.1, 0.15) is 0 Å². The van der Waals surface area contributed by atoms with E-state index in [0.29, 0.717) is 12.0 Å². The SMILES string of the molecule is COc1ccc(CC2(O)CC2)c(OC)c1F. The van der Waals surface area contributed by atoms with Crippen LogP contribution in [0.5, 0.6) is 11.5 Å². The maximum absolute atomic E-state index is 13.8. The molecule has 1 aliphatic carbocycles.